The van der Waals surface area contributed by atoms with Gasteiger partial charge < -0.3 is 18.2 Å². The van der Waals surface area contributed by atoms with Crippen molar-refractivity contribution in [2.75, 3.05) is 0 Å². The molecule has 0 spiro atoms. The standard InChI is InChI=1S/C7H6.V.W/c1-7-5-3-2-4-6-7;;/h2,5-6H,1H3;;/q-2;;. The minimum Gasteiger partial charge on any atom is -0.359 e. The molecule has 0 aliphatic heterocycles. The van der Waals surface area contributed by atoms with Crippen LogP contribution in [0.1, 0.15) is 5.56 Å². The van der Waals surface area contributed by atoms with Gasteiger partial charge in [0.1, 0.15) is 0 Å². The van der Waals surface area contributed by atoms with Gasteiger partial charge in [-0.05, 0) is 0 Å². The number of rotatable bonds is 0. The summed E-state index contributed by atoms with van der Waals surface area (Å²) in [5.41, 5.74) is 1.21. The molecule has 0 aliphatic carbocycles. The van der Waals surface area contributed by atoms with E-state index < -0.39 is 0 Å². The van der Waals surface area contributed by atoms with Gasteiger partial charge in [0.15, 0.2) is 0 Å². The first-order valence-corrected chi connectivity index (χ1v) is 2.23. The van der Waals surface area contributed by atoms with Gasteiger partial charge in [-0.3, -0.25) is 17.7 Å². The summed E-state index contributed by atoms with van der Waals surface area (Å²) in [6.45, 7) is 2.02. The largest absolute Gasteiger partial charge is 0.359 e. The van der Waals surface area contributed by atoms with E-state index in [1.807, 2.05) is 19.1 Å². The summed E-state index contributed by atoms with van der Waals surface area (Å²) in [6.07, 6.45) is 0. The smallest absolute Gasteiger partial charge is 0 e. The summed E-state index contributed by atoms with van der Waals surface area (Å²) in [5.74, 6) is 0. The third kappa shape index (κ3) is 4.96. The predicted octanol–water partition coefficient (Wildman–Crippen LogP) is 1.59. The Kier molecular flexibility index (Phi) is 8.96. The molecule has 1 aromatic carbocycles. The summed E-state index contributed by atoms with van der Waals surface area (Å²) in [7, 11) is 0. The number of benzene rings is 1. The molecule has 0 unspecified atom stereocenters. The van der Waals surface area contributed by atoms with Gasteiger partial charge >= 0.3 is 0 Å². The van der Waals surface area contributed by atoms with E-state index in [1.54, 1.807) is 6.07 Å². The SMILES string of the molecule is Cc1c[c-]c[c-]c1.[V].[W]. The van der Waals surface area contributed by atoms with Crippen molar-refractivity contribution >= 4 is 0 Å². The average Bonchev–Trinajstić information content (AvgIpc) is 1.69. The topological polar surface area (TPSA) is 0 Å². The molecule has 0 saturated heterocycles. The third-order valence-corrected chi connectivity index (χ3v) is 0.789. The first-order chi connectivity index (χ1) is 3.39. The Morgan fingerprint density at radius 1 is 1.22 bits per heavy atom. The molecule has 47 valence electrons. The fourth-order valence-electron chi connectivity index (χ4n) is 0.436. The zero-order chi connectivity index (χ0) is 5.11. The van der Waals surface area contributed by atoms with Crippen molar-refractivity contribution in [3.63, 3.8) is 0 Å². The van der Waals surface area contributed by atoms with Gasteiger partial charge in [0, 0.05) is 39.6 Å². The number of aryl methyl sites for hydroxylation is 1. The van der Waals surface area contributed by atoms with Crippen LogP contribution in [0.2, 0.25) is 0 Å². The summed E-state index contributed by atoms with van der Waals surface area (Å²) >= 11 is 0. The van der Waals surface area contributed by atoms with Crippen LogP contribution in [0, 0.1) is 19.1 Å². The molecule has 0 aliphatic rings. The molecule has 2 heteroatoms. The zero-order valence-corrected chi connectivity index (χ0v) is 9.42. The van der Waals surface area contributed by atoms with Gasteiger partial charge in [-0.1, -0.05) is 0 Å². The maximum Gasteiger partial charge on any atom is 0 e. The van der Waals surface area contributed by atoms with Crippen LogP contribution in [0.25, 0.3) is 0 Å². The van der Waals surface area contributed by atoms with E-state index in [2.05, 4.69) is 12.1 Å². The van der Waals surface area contributed by atoms with Crippen molar-refractivity contribution in [3.05, 3.63) is 35.9 Å². The Morgan fingerprint density at radius 3 is 1.89 bits per heavy atom. The maximum atomic E-state index is 2.91. The second-order valence-electron chi connectivity index (χ2n) is 1.51. The minimum absolute atomic E-state index is 0. The maximum absolute atomic E-state index is 2.91. The van der Waals surface area contributed by atoms with Crippen LogP contribution in [-0.2, 0) is 39.6 Å². The molecule has 1 radical (unpaired) electrons. The quantitative estimate of drug-likeness (QED) is 0.636. The second kappa shape index (κ2) is 6.61. The van der Waals surface area contributed by atoms with Gasteiger partial charge in [0.25, 0.3) is 0 Å². The predicted molar refractivity (Wildman–Crippen MR) is 28.9 cm³/mol. The van der Waals surface area contributed by atoms with E-state index in [4.69, 9.17) is 0 Å². The summed E-state index contributed by atoms with van der Waals surface area (Å²) < 4.78 is 0. The molecular formula is C7H6VW-2. The van der Waals surface area contributed by atoms with Crippen LogP contribution >= 0.6 is 0 Å². The monoisotopic (exact) mass is 325 g/mol. The summed E-state index contributed by atoms with van der Waals surface area (Å²) in [4.78, 5) is 0. The molecule has 0 amide bonds. The van der Waals surface area contributed by atoms with Gasteiger partial charge in [0.05, 0.1) is 0 Å². The van der Waals surface area contributed by atoms with Crippen molar-refractivity contribution in [3.8, 4) is 0 Å². The zero-order valence-electron chi connectivity index (χ0n) is 5.09. The van der Waals surface area contributed by atoms with E-state index in [0.717, 1.165) is 0 Å². The van der Waals surface area contributed by atoms with E-state index in [9.17, 15) is 0 Å². The van der Waals surface area contributed by atoms with Crippen LogP contribution in [0.4, 0.5) is 0 Å². The first kappa shape index (κ1) is 12.2. The van der Waals surface area contributed by atoms with Gasteiger partial charge in [-0.2, -0.15) is 0 Å². The second-order valence-corrected chi connectivity index (χ2v) is 1.51. The fourth-order valence-corrected chi connectivity index (χ4v) is 0.436. The molecule has 0 bridgehead atoms. The molecule has 0 atom stereocenters. The molecular weight excluding hydrogens is 319 g/mol. The summed E-state index contributed by atoms with van der Waals surface area (Å²) in [6, 6.07) is 11.4. The molecule has 0 fully saturated rings. The van der Waals surface area contributed by atoms with Gasteiger partial charge in [0.2, 0.25) is 0 Å². The van der Waals surface area contributed by atoms with Crippen molar-refractivity contribution in [1.29, 1.82) is 0 Å². The molecule has 0 aromatic heterocycles. The van der Waals surface area contributed by atoms with Crippen LogP contribution in [-0.4, -0.2) is 0 Å². The average molecular weight is 325 g/mol. The molecule has 0 heterocycles. The van der Waals surface area contributed by atoms with Crippen LogP contribution < -0.4 is 0 Å². The normalized spacial score (nSPS) is 6.78. The van der Waals surface area contributed by atoms with E-state index in [-0.39, 0.29) is 39.6 Å². The van der Waals surface area contributed by atoms with Crippen LogP contribution in [0.5, 0.6) is 0 Å². The van der Waals surface area contributed by atoms with E-state index in [0.29, 0.717) is 0 Å². The minimum atomic E-state index is 0. The Balaban J connectivity index is 0. The molecule has 1 rings (SSSR count). The van der Waals surface area contributed by atoms with Crippen molar-refractivity contribution in [2.24, 2.45) is 0 Å². The Morgan fingerprint density at radius 2 is 1.67 bits per heavy atom. The van der Waals surface area contributed by atoms with Crippen molar-refractivity contribution < 1.29 is 39.6 Å². The van der Waals surface area contributed by atoms with E-state index in [1.165, 1.54) is 5.56 Å². The first-order valence-electron chi connectivity index (χ1n) is 2.23. The fraction of sp³-hybridized carbons (Fsp3) is 0.143. The molecule has 0 saturated carbocycles. The van der Waals surface area contributed by atoms with Gasteiger partial charge in [-0.15, -0.1) is 6.92 Å². The Bertz CT molecular complexity index is 139. The number of hydrogen-bond acceptors (Lipinski definition) is 0. The molecule has 0 nitrogen and oxygen atoms in total. The van der Waals surface area contributed by atoms with Gasteiger partial charge in [-0.25, -0.2) is 0 Å². The van der Waals surface area contributed by atoms with E-state index >= 15 is 0 Å². The molecule has 9 heavy (non-hydrogen) atoms. The summed E-state index contributed by atoms with van der Waals surface area (Å²) in [5, 5.41) is 0. The Labute approximate surface area is 82.2 Å². The van der Waals surface area contributed by atoms with Crippen LogP contribution in [0.15, 0.2) is 18.2 Å². The van der Waals surface area contributed by atoms with Crippen LogP contribution in [0.3, 0.4) is 0 Å². The van der Waals surface area contributed by atoms with Crippen molar-refractivity contribution in [1.82, 2.24) is 0 Å². The Hall–Kier alpha value is 0.493. The molecule has 0 N–H and O–H groups in total. The van der Waals surface area contributed by atoms with Crippen molar-refractivity contribution in [2.45, 2.75) is 6.92 Å². The number of hydrogen-bond donors (Lipinski definition) is 0. The molecule has 1 aromatic rings. The third-order valence-electron chi connectivity index (χ3n) is 0.789.